The minimum Gasteiger partial charge on any atom is -0.322 e. The average molecular weight is 408 g/mol. The number of carbonyl (C=O) groups is 2. The monoisotopic (exact) mass is 407 g/mol. The van der Waals surface area contributed by atoms with E-state index in [9.17, 15) is 18.0 Å². The first kappa shape index (κ1) is 19.3. The minimum absolute atomic E-state index is 0.00200. The lowest BCUT2D eigenvalue weighted by atomic mass is 10.1. The van der Waals surface area contributed by atoms with Crippen molar-refractivity contribution in [2.24, 2.45) is 0 Å². The highest BCUT2D eigenvalue weighted by atomic mass is 35.5. The summed E-state index contributed by atoms with van der Waals surface area (Å²) in [6.07, 6.45) is 2.49. The molecule has 0 spiro atoms. The smallest absolute Gasteiger partial charge is 0.255 e. The van der Waals surface area contributed by atoms with Gasteiger partial charge in [0.05, 0.1) is 10.8 Å². The van der Waals surface area contributed by atoms with Crippen LogP contribution in [0.3, 0.4) is 0 Å². The molecule has 2 amide bonds. The van der Waals surface area contributed by atoms with Crippen molar-refractivity contribution in [3.8, 4) is 0 Å². The summed E-state index contributed by atoms with van der Waals surface area (Å²) in [5.74, 6) is -0.713. The molecule has 2 heterocycles. The maximum atomic E-state index is 12.8. The van der Waals surface area contributed by atoms with Crippen molar-refractivity contribution in [1.29, 1.82) is 0 Å². The summed E-state index contributed by atoms with van der Waals surface area (Å²) in [6.45, 7) is 0.255. The molecule has 7 nitrogen and oxygen atoms in total. The zero-order chi connectivity index (χ0) is 19.6. The zero-order valence-electron chi connectivity index (χ0n) is 14.6. The lowest BCUT2D eigenvalue weighted by Gasteiger charge is -2.26. The van der Waals surface area contributed by atoms with Crippen LogP contribution in [0.15, 0.2) is 42.6 Å². The molecule has 9 heteroatoms. The molecular weight excluding hydrogens is 390 g/mol. The number of rotatable bonds is 6. The number of sulfone groups is 1. The Morgan fingerprint density at radius 2 is 2.04 bits per heavy atom. The number of halogens is 1. The molecule has 0 aliphatic carbocycles. The van der Waals surface area contributed by atoms with Crippen LogP contribution in [0, 0.1) is 0 Å². The molecule has 0 saturated heterocycles. The van der Waals surface area contributed by atoms with E-state index in [-0.39, 0.29) is 30.4 Å². The van der Waals surface area contributed by atoms with Gasteiger partial charge in [-0.25, -0.2) is 13.4 Å². The van der Waals surface area contributed by atoms with Gasteiger partial charge < -0.3 is 10.2 Å². The number of benzene rings is 1. The number of hydrogen-bond donors (Lipinski definition) is 1. The number of carbonyl (C=O) groups excluding carboxylic acids is 2. The molecular formula is C18H18ClN3O4S. The van der Waals surface area contributed by atoms with Gasteiger partial charge in [0.1, 0.15) is 21.7 Å². The van der Waals surface area contributed by atoms with Crippen LogP contribution in [0.2, 0.25) is 5.02 Å². The molecule has 0 bridgehead atoms. The Labute approximate surface area is 162 Å². The Balaban J connectivity index is 1.84. The second kappa shape index (κ2) is 7.66. The van der Waals surface area contributed by atoms with Gasteiger partial charge in [-0.1, -0.05) is 29.8 Å². The highest BCUT2D eigenvalue weighted by Gasteiger charge is 2.36. The third-order valence-corrected chi connectivity index (χ3v) is 5.47. The van der Waals surface area contributed by atoms with E-state index in [1.807, 2.05) is 12.1 Å². The van der Waals surface area contributed by atoms with E-state index < -0.39 is 21.8 Å². The van der Waals surface area contributed by atoms with Crippen molar-refractivity contribution in [3.63, 3.8) is 0 Å². The van der Waals surface area contributed by atoms with Crippen LogP contribution in [-0.2, 0) is 21.2 Å². The summed E-state index contributed by atoms with van der Waals surface area (Å²) in [6, 6.07) is 9.27. The number of anilines is 1. The van der Waals surface area contributed by atoms with Crippen LogP contribution in [0.25, 0.3) is 0 Å². The van der Waals surface area contributed by atoms with Crippen LogP contribution < -0.4 is 5.32 Å². The lowest BCUT2D eigenvalue weighted by Crippen LogP contribution is -2.45. The van der Waals surface area contributed by atoms with Crippen molar-refractivity contribution in [2.45, 2.75) is 19.0 Å². The molecule has 1 unspecified atom stereocenters. The summed E-state index contributed by atoms with van der Waals surface area (Å²) in [5.41, 5.74) is 1.34. The molecule has 0 radical (unpaired) electrons. The molecule has 142 valence electrons. The first-order chi connectivity index (χ1) is 12.7. The van der Waals surface area contributed by atoms with E-state index in [1.165, 1.54) is 17.2 Å². The minimum atomic E-state index is -3.30. The molecule has 1 aliphatic rings. The van der Waals surface area contributed by atoms with Crippen LogP contribution in [-0.4, -0.2) is 48.2 Å². The Morgan fingerprint density at radius 3 is 2.67 bits per heavy atom. The highest BCUT2D eigenvalue weighted by Crippen LogP contribution is 2.26. The zero-order valence-corrected chi connectivity index (χ0v) is 16.1. The Hall–Kier alpha value is -2.45. The van der Waals surface area contributed by atoms with E-state index in [2.05, 4.69) is 10.3 Å². The third-order valence-electron chi connectivity index (χ3n) is 4.27. The van der Waals surface area contributed by atoms with Gasteiger partial charge in [0, 0.05) is 24.6 Å². The maximum absolute atomic E-state index is 12.8. The van der Waals surface area contributed by atoms with Gasteiger partial charge in [-0.15, -0.1) is 0 Å². The molecule has 1 aromatic heterocycles. The van der Waals surface area contributed by atoms with E-state index in [4.69, 9.17) is 11.6 Å². The van der Waals surface area contributed by atoms with Crippen molar-refractivity contribution in [1.82, 2.24) is 9.88 Å². The lowest BCUT2D eigenvalue weighted by molar-refractivity contribution is -0.120. The largest absolute Gasteiger partial charge is 0.322 e. The third kappa shape index (κ3) is 4.64. The Bertz CT molecular complexity index is 976. The Kier molecular flexibility index (Phi) is 5.48. The second-order valence-corrected chi connectivity index (χ2v) is 9.07. The van der Waals surface area contributed by atoms with Crippen LogP contribution in [0.4, 0.5) is 5.82 Å². The summed E-state index contributed by atoms with van der Waals surface area (Å²) in [5, 5.41) is 3.06. The maximum Gasteiger partial charge on any atom is 0.255 e. The fourth-order valence-electron chi connectivity index (χ4n) is 2.94. The number of pyridine rings is 1. The summed E-state index contributed by atoms with van der Waals surface area (Å²) < 4.78 is 23.2. The first-order valence-electron chi connectivity index (χ1n) is 8.23. The topological polar surface area (TPSA) is 96.4 Å². The number of amides is 2. The van der Waals surface area contributed by atoms with Gasteiger partial charge in [0.15, 0.2) is 0 Å². The van der Waals surface area contributed by atoms with Gasteiger partial charge in [0.25, 0.3) is 5.91 Å². The van der Waals surface area contributed by atoms with Crippen molar-refractivity contribution in [3.05, 3.63) is 58.7 Å². The molecule has 1 atom stereocenters. The van der Waals surface area contributed by atoms with Crippen molar-refractivity contribution < 1.29 is 18.0 Å². The molecule has 1 N–H and O–H groups in total. The summed E-state index contributed by atoms with van der Waals surface area (Å²) in [7, 11) is -3.30. The van der Waals surface area contributed by atoms with Gasteiger partial charge in [0.2, 0.25) is 5.91 Å². The van der Waals surface area contributed by atoms with E-state index in [0.717, 1.165) is 11.8 Å². The van der Waals surface area contributed by atoms with Crippen LogP contribution in [0.5, 0.6) is 0 Å². The number of nitrogens with one attached hydrogen (secondary N) is 1. The molecule has 0 saturated carbocycles. The average Bonchev–Trinajstić information content (AvgIpc) is 2.93. The number of fused-ring (bicyclic) bond motifs is 1. The summed E-state index contributed by atoms with van der Waals surface area (Å²) in [4.78, 5) is 31.0. The number of hydrogen-bond acceptors (Lipinski definition) is 5. The quantitative estimate of drug-likeness (QED) is 0.791. The van der Waals surface area contributed by atoms with E-state index in [1.54, 1.807) is 18.2 Å². The van der Waals surface area contributed by atoms with Gasteiger partial charge in [-0.05, 0) is 30.2 Å². The van der Waals surface area contributed by atoms with Crippen LogP contribution >= 0.6 is 11.6 Å². The van der Waals surface area contributed by atoms with E-state index in [0.29, 0.717) is 10.6 Å². The van der Waals surface area contributed by atoms with Gasteiger partial charge in [-0.3, -0.25) is 9.59 Å². The van der Waals surface area contributed by atoms with E-state index >= 15 is 0 Å². The second-order valence-electron chi connectivity index (χ2n) is 6.38. The first-order valence-corrected chi connectivity index (χ1v) is 10.7. The predicted molar refractivity (Wildman–Crippen MR) is 102 cm³/mol. The van der Waals surface area contributed by atoms with Crippen molar-refractivity contribution >= 4 is 39.1 Å². The van der Waals surface area contributed by atoms with Gasteiger partial charge >= 0.3 is 0 Å². The molecule has 3 rings (SSSR count). The standard InChI is InChI=1S/C18H18ClN3O4S/c1-27(25,26)9-8-15(17(23)21-16-7-6-13(19)10-20-16)22-11-12-4-2-3-5-14(12)18(22)24/h2-7,10,15H,8-9,11H2,1H3,(H,20,21,23). The Morgan fingerprint density at radius 1 is 1.30 bits per heavy atom. The molecule has 27 heavy (non-hydrogen) atoms. The number of aromatic nitrogens is 1. The SMILES string of the molecule is CS(=O)(=O)CCC(C(=O)Nc1ccc(Cl)cn1)N1Cc2ccccc2C1=O. The molecule has 1 aromatic carbocycles. The van der Waals surface area contributed by atoms with Gasteiger partial charge in [-0.2, -0.15) is 0 Å². The fourth-order valence-corrected chi connectivity index (χ4v) is 3.71. The van der Waals surface area contributed by atoms with Crippen molar-refractivity contribution in [2.75, 3.05) is 17.3 Å². The number of nitrogens with zero attached hydrogens (tertiary/aromatic N) is 2. The summed E-state index contributed by atoms with van der Waals surface area (Å²) >= 11 is 5.79. The van der Waals surface area contributed by atoms with Crippen LogP contribution in [0.1, 0.15) is 22.3 Å². The highest BCUT2D eigenvalue weighted by molar-refractivity contribution is 7.90. The fraction of sp³-hybridized carbons (Fsp3) is 0.278. The molecule has 0 fully saturated rings. The molecule has 1 aliphatic heterocycles. The normalized spacial score (nSPS) is 14.7. The molecule has 2 aromatic rings. The predicted octanol–water partition coefficient (Wildman–Crippen LogP) is 2.13.